The molecule has 0 spiro atoms. The first kappa shape index (κ1) is 14.4. The third kappa shape index (κ3) is 3.28. The molecule has 3 nitrogen and oxygen atoms in total. The number of hydrogen-bond donors (Lipinski definition) is 0. The molecule has 1 aliphatic heterocycles. The van der Waals surface area contributed by atoms with E-state index in [0.717, 1.165) is 25.6 Å². The maximum Gasteiger partial charge on any atom is 0.119 e. The third-order valence-corrected chi connectivity index (χ3v) is 3.45. The van der Waals surface area contributed by atoms with Crippen LogP contribution in [0.15, 0.2) is 24.3 Å². The minimum Gasteiger partial charge on any atom is -0.493 e. The number of hydrogen-bond acceptors (Lipinski definition) is 3. The molecule has 0 amide bonds. The van der Waals surface area contributed by atoms with Gasteiger partial charge in [-0.1, -0.05) is 32.9 Å². The Balaban J connectivity index is 1.99. The van der Waals surface area contributed by atoms with Gasteiger partial charge < -0.3 is 14.2 Å². The van der Waals surface area contributed by atoms with Crippen LogP contribution in [0.5, 0.6) is 5.75 Å². The highest BCUT2D eigenvalue weighted by Gasteiger charge is 2.45. The van der Waals surface area contributed by atoms with Crippen molar-refractivity contribution in [2.24, 2.45) is 11.3 Å². The van der Waals surface area contributed by atoms with E-state index in [4.69, 9.17) is 14.2 Å². The summed E-state index contributed by atoms with van der Waals surface area (Å²) in [7, 11) is 1.74. The fraction of sp³-hybridized carbons (Fsp3) is 0.625. The molecule has 3 heteroatoms. The Morgan fingerprint density at radius 2 is 2.00 bits per heavy atom. The molecule has 1 aromatic carbocycles. The number of methoxy groups -OCH3 is 1. The van der Waals surface area contributed by atoms with Gasteiger partial charge in [0, 0.05) is 12.5 Å². The highest BCUT2D eigenvalue weighted by Crippen LogP contribution is 2.46. The van der Waals surface area contributed by atoms with Crippen molar-refractivity contribution in [1.82, 2.24) is 0 Å². The molecular weight excluding hydrogens is 240 g/mol. The summed E-state index contributed by atoms with van der Waals surface area (Å²) in [6, 6.07) is 8.22. The molecule has 106 valence electrons. The van der Waals surface area contributed by atoms with Crippen molar-refractivity contribution >= 4 is 0 Å². The predicted molar refractivity (Wildman–Crippen MR) is 75.5 cm³/mol. The minimum atomic E-state index is 0.0923. The van der Waals surface area contributed by atoms with Crippen LogP contribution in [0.4, 0.5) is 0 Å². The largest absolute Gasteiger partial charge is 0.493 e. The molecule has 0 saturated carbocycles. The van der Waals surface area contributed by atoms with E-state index >= 15 is 0 Å². The minimum absolute atomic E-state index is 0.0923. The average molecular weight is 264 g/mol. The van der Waals surface area contributed by atoms with Crippen molar-refractivity contribution in [1.29, 1.82) is 0 Å². The Labute approximate surface area is 115 Å². The van der Waals surface area contributed by atoms with Gasteiger partial charge in [0.25, 0.3) is 0 Å². The van der Waals surface area contributed by atoms with Crippen LogP contribution in [0, 0.1) is 11.3 Å². The summed E-state index contributed by atoms with van der Waals surface area (Å²) >= 11 is 0. The lowest BCUT2D eigenvalue weighted by atomic mass is 9.77. The Kier molecular flexibility index (Phi) is 4.48. The molecule has 1 aromatic rings. The molecule has 2 atom stereocenters. The zero-order valence-electron chi connectivity index (χ0n) is 12.3. The van der Waals surface area contributed by atoms with Gasteiger partial charge in [-0.05, 0) is 23.6 Å². The van der Waals surface area contributed by atoms with Gasteiger partial charge in [0.2, 0.25) is 0 Å². The summed E-state index contributed by atoms with van der Waals surface area (Å²) in [5.74, 6) is 1.46. The first-order chi connectivity index (χ1) is 9.05. The van der Waals surface area contributed by atoms with Gasteiger partial charge in [-0.2, -0.15) is 0 Å². The number of rotatable bonds is 6. The van der Waals surface area contributed by atoms with E-state index in [-0.39, 0.29) is 11.5 Å². The van der Waals surface area contributed by atoms with Crippen molar-refractivity contribution in [3.63, 3.8) is 0 Å². The Hall–Kier alpha value is -1.06. The standard InChI is InChI=1S/C16H24O3/c1-12(2)9-18-14-7-5-13(6-8-14)15-16(3,10-17-4)11-19-15/h5-8,12,15H,9-11H2,1-4H3. The second kappa shape index (κ2) is 5.93. The van der Waals surface area contributed by atoms with Gasteiger partial charge in [-0.15, -0.1) is 0 Å². The fourth-order valence-corrected chi connectivity index (χ4v) is 2.40. The molecule has 1 heterocycles. The van der Waals surface area contributed by atoms with Crippen LogP contribution in [0.25, 0.3) is 0 Å². The van der Waals surface area contributed by atoms with Gasteiger partial charge >= 0.3 is 0 Å². The summed E-state index contributed by atoms with van der Waals surface area (Å²) in [6.45, 7) is 8.73. The lowest BCUT2D eigenvalue weighted by Crippen LogP contribution is -2.46. The van der Waals surface area contributed by atoms with Crippen LogP contribution >= 0.6 is 0 Å². The van der Waals surface area contributed by atoms with Crippen molar-refractivity contribution in [3.05, 3.63) is 29.8 Å². The van der Waals surface area contributed by atoms with Gasteiger partial charge in [-0.3, -0.25) is 0 Å². The summed E-state index contributed by atoms with van der Waals surface area (Å²) in [5, 5.41) is 0. The monoisotopic (exact) mass is 264 g/mol. The van der Waals surface area contributed by atoms with Gasteiger partial charge in [-0.25, -0.2) is 0 Å². The smallest absolute Gasteiger partial charge is 0.119 e. The normalized spacial score (nSPS) is 26.3. The molecular formula is C16H24O3. The van der Waals surface area contributed by atoms with Crippen molar-refractivity contribution < 1.29 is 14.2 Å². The van der Waals surface area contributed by atoms with Crippen LogP contribution in [-0.2, 0) is 9.47 Å². The van der Waals surface area contributed by atoms with E-state index in [1.54, 1.807) is 7.11 Å². The maximum absolute atomic E-state index is 5.70. The molecule has 2 unspecified atom stereocenters. The van der Waals surface area contributed by atoms with Crippen LogP contribution in [0.3, 0.4) is 0 Å². The van der Waals surface area contributed by atoms with Gasteiger partial charge in [0.05, 0.1) is 25.9 Å². The van der Waals surface area contributed by atoms with E-state index < -0.39 is 0 Å². The zero-order valence-corrected chi connectivity index (χ0v) is 12.3. The molecule has 1 fully saturated rings. The van der Waals surface area contributed by atoms with E-state index in [9.17, 15) is 0 Å². The van der Waals surface area contributed by atoms with Crippen molar-refractivity contribution in [2.45, 2.75) is 26.9 Å². The SMILES string of the molecule is COCC1(C)COC1c1ccc(OCC(C)C)cc1. The fourth-order valence-electron chi connectivity index (χ4n) is 2.40. The molecule has 19 heavy (non-hydrogen) atoms. The Morgan fingerprint density at radius 1 is 1.32 bits per heavy atom. The van der Waals surface area contributed by atoms with Gasteiger partial charge in [0.15, 0.2) is 0 Å². The van der Waals surface area contributed by atoms with Crippen molar-refractivity contribution in [3.8, 4) is 5.75 Å². The maximum atomic E-state index is 5.70. The van der Waals surface area contributed by atoms with E-state index in [0.29, 0.717) is 5.92 Å². The summed E-state index contributed by atoms with van der Waals surface area (Å²) < 4.78 is 16.7. The lowest BCUT2D eigenvalue weighted by Gasteiger charge is -2.46. The Morgan fingerprint density at radius 3 is 2.47 bits per heavy atom. The highest BCUT2D eigenvalue weighted by atomic mass is 16.5. The highest BCUT2D eigenvalue weighted by molar-refractivity contribution is 5.30. The molecule has 0 bridgehead atoms. The van der Waals surface area contributed by atoms with Crippen LogP contribution in [0.1, 0.15) is 32.4 Å². The summed E-state index contributed by atoms with van der Waals surface area (Å²) in [4.78, 5) is 0. The molecule has 0 aliphatic carbocycles. The summed E-state index contributed by atoms with van der Waals surface area (Å²) in [5.41, 5.74) is 1.29. The molecule has 0 N–H and O–H groups in total. The summed E-state index contributed by atoms with van der Waals surface area (Å²) in [6.07, 6.45) is 0.131. The van der Waals surface area contributed by atoms with Crippen LogP contribution in [0.2, 0.25) is 0 Å². The third-order valence-electron chi connectivity index (χ3n) is 3.45. The average Bonchev–Trinajstić information content (AvgIpc) is 2.37. The quantitative estimate of drug-likeness (QED) is 0.787. The molecule has 0 aromatic heterocycles. The second-order valence-electron chi connectivity index (χ2n) is 6.05. The molecule has 1 saturated heterocycles. The number of ether oxygens (including phenoxy) is 3. The second-order valence-corrected chi connectivity index (χ2v) is 6.05. The molecule has 0 radical (unpaired) electrons. The van der Waals surface area contributed by atoms with E-state index in [1.807, 2.05) is 12.1 Å². The lowest BCUT2D eigenvalue weighted by molar-refractivity contribution is -0.203. The topological polar surface area (TPSA) is 27.7 Å². The molecule has 2 rings (SSSR count). The number of benzene rings is 1. The van der Waals surface area contributed by atoms with E-state index in [2.05, 4.69) is 32.9 Å². The van der Waals surface area contributed by atoms with Gasteiger partial charge in [0.1, 0.15) is 5.75 Å². The van der Waals surface area contributed by atoms with E-state index in [1.165, 1.54) is 5.56 Å². The predicted octanol–water partition coefficient (Wildman–Crippen LogP) is 3.45. The first-order valence-corrected chi connectivity index (χ1v) is 6.88. The van der Waals surface area contributed by atoms with Crippen LogP contribution in [-0.4, -0.2) is 26.9 Å². The first-order valence-electron chi connectivity index (χ1n) is 6.88. The molecule has 1 aliphatic rings. The van der Waals surface area contributed by atoms with Crippen LogP contribution < -0.4 is 4.74 Å². The Bertz CT molecular complexity index is 399. The zero-order chi connectivity index (χ0) is 13.9. The van der Waals surface area contributed by atoms with Crippen molar-refractivity contribution in [2.75, 3.05) is 26.9 Å².